The average Bonchev–Trinajstić information content (AvgIpc) is 3.18. The summed E-state index contributed by atoms with van der Waals surface area (Å²) in [6, 6.07) is 9.58. The van der Waals surface area contributed by atoms with E-state index in [4.69, 9.17) is 0 Å². The molecule has 1 amide bonds. The monoisotopic (exact) mass is 408 g/mol. The first-order chi connectivity index (χ1) is 14.0. The van der Waals surface area contributed by atoms with Crippen molar-refractivity contribution in [2.75, 3.05) is 31.1 Å². The van der Waals surface area contributed by atoms with Crippen molar-refractivity contribution in [3.8, 4) is 0 Å². The Bertz CT molecular complexity index is 1020. The summed E-state index contributed by atoms with van der Waals surface area (Å²) in [5.41, 5.74) is 3.87. The van der Waals surface area contributed by atoms with Crippen molar-refractivity contribution in [3.05, 3.63) is 53.2 Å². The second-order valence-corrected chi connectivity index (χ2v) is 8.37. The lowest BCUT2D eigenvalue weighted by Gasteiger charge is -2.34. The maximum atomic E-state index is 12.6. The first-order valence-corrected chi connectivity index (χ1v) is 10.7. The van der Waals surface area contributed by atoms with Gasteiger partial charge in [0.25, 0.3) is 0 Å². The zero-order valence-corrected chi connectivity index (χ0v) is 17.5. The van der Waals surface area contributed by atoms with E-state index in [0.29, 0.717) is 18.7 Å². The van der Waals surface area contributed by atoms with E-state index in [2.05, 4.69) is 14.9 Å². The normalized spacial score (nSPS) is 14.4. The van der Waals surface area contributed by atoms with Crippen molar-refractivity contribution in [2.24, 2.45) is 0 Å². The summed E-state index contributed by atoms with van der Waals surface area (Å²) in [5, 5.41) is 0.954. The van der Waals surface area contributed by atoms with Crippen molar-refractivity contribution < 1.29 is 9.59 Å². The minimum atomic E-state index is 0.0297. The number of hydrogen-bond acceptors (Lipinski definition) is 6. The molecule has 0 bridgehead atoms. The molecule has 3 aromatic rings. The summed E-state index contributed by atoms with van der Waals surface area (Å²) in [5.74, 6) is 0.0786. The fraction of sp³-hybridized carbons (Fsp3) is 0.364. The van der Waals surface area contributed by atoms with E-state index in [1.807, 2.05) is 49.1 Å². The van der Waals surface area contributed by atoms with E-state index in [9.17, 15) is 9.59 Å². The molecule has 0 radical (unpaired) electrons. The van der Waals surface area contributed by atoms with Gasteiger partial charge in [-0.25, -0.2) is 9.97 Å². The Hall–Kier alpha value is -2.80. The zero-order chi connectivity index (χ0) is 20.4. The maximum absolute atomic E-state index is 12.6. The third-order valence-electron chi connectivity index (χ3n) is 5.45. The van der Waals surface area contributed by atoms with Gasteiger partial charge in [0, 0.05) is 50.8 Å². The number of benzene rings is 1. The van der Waals surface area contributed by atoms with E-state index in [-0.39, 0.29) is 24.5 Å². The number of piperazine rings is 1. The number of anilines is 1. The van der Waals surface area contributed by atoms with Crippen molar-refractivity contribution in [3.63, 3.8) is 0 Å². The molecule has 6 nitrogen and oxygen atoms in total. The van der Waals surface area contributed by atoms with Crippen LogP contribution in [0.25, 0.3) is 10.3 Å². The predicted octanol–water partition coefficient (Wildman–Crippen LogP) is 3.62. The largest absolute Gasteiger partial charge is 0.344 e. The van der Waals surface area contributed by atoms with Crippen molar-refractivity contribution in [1.29, 1.82) is 0 Å². The standard InChI is InChI=1S/C22H24N4O2S/c1-15-5-6-17(14-16(15)2)19(27)7-8-20(28)25-10-12-26(13-11-25)22-24-18-4-3-9-23-21(18)29-22/h3-6,9,14H,7-8,10-13H2,1-2H3. The molecule has 0 spiro atoms. The van der Waals surface area contributed by atoms with Gasteiger partial charge in [0.05, 0.1) is 0 Å². The summed E-state index contributed by atoms with van der Waals surface area (Å²) in [7, 11) is 0. The molecule has 29 heavy (non-hydrogen) atoms. The van der Waals surface area contributed by atoms with Crippen LogP contribution >= 0.6 is 11.3 Å². The summed E-state index contributed by atoms with van der Waals surface area (Å²) in [4.78, 5) is 39.0. The van der Waals surface area contributed by atoms with Crippen LogP contribution in [-0.2, 0) is 4.79 Å². The number of thiazole rings is 1. The zero-order valence-electron chi connectivity index (χ0n) is 16.7. The molecule has 1 aliphatic rings. The van der Waals surface area contributed by atoms with Crippen LogP contribution in [0.5, 0.6) is 0 Å². The Morgan fingerprint density at radius 3 is 2.55 bits per heavy atom. The van der Waals surface area contributed by atoms with Crippen molar-refractivity contribution in [2.45, 2.75) is 26.7 Å². The third-order valence-corrected chi connectivity index (χ3v) is 6.49. The molecule has 7 heteroatoms. The highest BCUT2D eigenvalue weighted by Gasteiger charge is 2.23. The molecule has 1 fully saturated rings. The number of pyridine rings is 1. The Balaban J connectivity index is 1.29. The number of aromatic nitrogens is 2. The van der Waals surface area contributed by atoms with Gasteiger partial charge in [-0.2, -0.15) is 0 Å². The number of nitrogens with zero attached hydrogens (tertiary/aromatic N) is 4. The Morgan fingerprint density at radius 2 is 1.83 bits per heavy atom. The Kier molecular flexibility index (Phi) is 5.58. The van der Waals surface area contributed by atoms with E-state index < -0.39 is 0 Å². The van der Waals surface area contributed by atoms with E-state index in [1.165, 1.54) is 5.56 Å². The van der Waals surface area contributed by atoms with Crippen LogP contribution in [0.3, 0.4) is 0 Å². The minimum absolute atomic E-state index is 0.0297. The number of Topliss-reactive ketones (excluding diaryl/α,β-unsaturated/α-hetero) is 1. The molecular weight excluding hydrogens is 384 g/mol. The molecule has 0 atom stereocenters. The molecule has 0 unspecified atom stereocenters. The van der Waals surface area contributed by atoms with Gasteiger partial charge in [-0.3, -0.25) is 9.59 Å². The van der Waals surface area contributed by atoms with Gasteiger partial charge in [-0.1, -0.05) is 23.5 Å². The quantitative estimate of drug-likeness (QED) is 0.603. The molecule has 0 aliphatic carbocycles. The van der Waals surface area contributed by atoms with Crippen molar-refractivity contribution in [1.82, 2.24) is 14.9 Å². The van der Waals surface area contributed by atoms with Crippen molar-refractivity contribution >= 4 is 38.5 Å². The Labute approximate surface area is 174 Å². The summed E-state index contributed by atoms with van der Waals surface area (Å²) in [6.07, 6.45) is 2.29. The Morgan fingerprint density at radius 1 is 1.03 bits per heavy atom. The van der Waals surface area contributed by atoms with E-state index in [1.54, 1.807) is 17.5 Å². The first-order valence-electron chi connectivity index (χ1n) is 9.86. The van der Waals surface area contributed by atoms with Crippen LogP contribution in [0, 0.1) is 13.8 Å². The molecule has 1 aromatic carbocycles. The fourth-order valence-electron chi connectivity index (χ4n) is 3.48. The highest BCUT2D eigenvalue weighted by molar-refractivity contribution is 7.21. The van der Waals surface area contributed by atoms with Crippen LogP contribution in [0.15, 0.2) is 36.5 Å². The van der Waals surface area contributed by atoms with E-state index >= 15 is 0 Å². The number of aryl methyl sites for hydroxylation is 2. The van der Waals surface area contributed by atoms with Crippen LogP contribution in [-0.4, -0.2) is 52.7 Å². The van der Waals surface area contributed by atoms with Gasteiger partial charge in [-0.15, -0.1) is 0 Å². The number of rotatable bonds is 5. The number of ketones is 1. The molecule has 1 aliphatic heterocycles. The molecule has 0 saturated carbocycles. The lowest BCUT2D eigenvalue weighted by Crippen LogP contribution is -2.48. The number of fused-ring (bicyclic) bond motifs is 1. The topological polar surface area (TPSA) is 66.4 Å². The van der Waals surface area contributed by atoms with Gasteiger partial charge in [0.1, 0.15) is 10.3 Å². The number of carbonyl (C=O) groups excluding carboxylic acids is 2. The van der Waals surface area contributed by atoms with Crippen LogP contribution in [0.1, 0.15) is 34.3 Å². The second kappa shape index (κ2) is 8.29. The molecular formula is C22H24N4O2S. The highest BCUT2D eigenvalue weighted by atomic mass is 32.1. The molecule has 150 valence electrons. The van der Waals surface area contributed by atoms with Gasteiger partial charge < -0.3 is 9.80 Å². The lowest BCUT2D eigenvalue weighted by molar-refractivity contribution is -0.131. The summed E-state index contributed by atoms with van der Waals surface area (Å²) in [6.45, 7) is 6.82. The molecule has 3 heterocycles. The maximum Gasteiger partial charge on any atom is 0.223 e. The number of amides is 1. The molecule has 1 saturated heterocycles. The van der Waals surface area contributed by atoms with Gasteiger partial charge in [0.15, 0.2) is 10.9 Å². The summed E-state index contributed by atoms with van der Waals surface area (Å²) >= 11 is 1.58. The predicted molar refractivity (Wildman–Crippen MR) is 116 cm³/mol. The lowest BCUT2D eigenvalue weighted by atomic mass is 10.0. The first kappa shape index (κ1) is 19.5. The van der Waals surface area contributed by atoms with Crippen LogP contribution in [0.4, 0.5) is 5.13 Å². The summed E-state index contributed by atoms with van der Waals surface area (Å²) < 4.78 is 0. The number of carbonyl (C=O) groups is 2. The molecule has 0 N–H and O–H groups in total. The SMILES string of the molecule is Cc1ccc(C(=O)CCC(=O)N2CCN(c3nc4cccnc4s3)CC2)cc1C. The average molecular weight is 409 g/mol. The third kappa shape index (κ3) is 4.29. The van der Waals surface area contributed by atoms with Gasteiger partial charge in [-0.05, 0) is 43.2 Å². The van der Waals surface area contributed by atoms with E-state index in [0.717, 1.165) is 34.1 Å². The fourth-order valence-corrected chi connectivity index (χ4v) is 4.44. The number of hydrogen-bond donors (Lipinski definition) is 0. The van der Waals surface area contributed by atoms with Crippen LogP contribution in [0.2, 0.25) is 0 Å². The smallest absolute Gasteiger partial charge is 0.223 e. The molecule has 2 aromatic heterocycles. The van der Waals surface area contributed by atoms with Gasteiger partial charge >= 0.3 is 0 Å². The minimum Gasteiger partial charge on any atom is -0.344 e. The van der Waals surface area contributed by atoms with Crippen LogP contribution < -0.4 is 4.90 Å². The molecule has 4 rings (SSSR count). The van der Waals surface area contributed by atoms with Gasteiger partial charge in [0.2, 0.25) is 5.91 Å². The second-order valence-electron chi connectivity index (χ2n) is 7.41. The highest BCUT2D eigenvalue weighted by Crippen LogP contribution is 2.27.